The molecule has 4 nitrogen and oxygen atoms in total. The molecule has 4 heteroatoms. The van der Waals surface area contributed by atoms with Crippen LogP contribution in [0.2, 0.25) is 0 Å². The molecule has 1 unspecified atom stereocenters. The number of carbonyl (C=O) groups excluding carboxylic acids is 1. The zero-order chi connectivity index (χ0) is 10.4. The third-order valence-electron chi connectivity index (χ3n) is 2.58. The van der Waals surface area contributed by atoms with Crippen LogP contribution in [0.5, 0.6) is 0 Å². The normalized spacial score (nSPS) is 24.2. The maximum absolute atomic E-state index is 10.5. The third-order valence-corrected chi connectivity index (χ3v) is 2.58. The van der Waals surface area contributed by atoms with Crippen molar-refractivity contribution in [3.63, 3.8) is 0 Å². The van der Waals surface area contributed by atoms with Crippen LogP contribution in [0.1, 0.15) is 39.0 Å². The summed E-state index contributed by atoms with van der Waals surface area (Å²) in [6.07, 6.45) is 5.95. The van der Waals surface area contributed by atoms with Crippen LogP contribution < -0.4 is 11.1 Å². The highest BCUT2D eigenvalue weighted by Gasteiger charge is 2.15. The van der Waals surface area contributed by atoms with Crippen molar-refractivity contribution in [3.05, 3.63) is 0 Å². The number of ether oxygens (including phenoxy) is 1. The maximum Gasteiger partial charge on any atom is 0.312 e. The lowest BCUT2D eigenvalue weighted by molar-refractivity contribution is 0.00902. The summed E-state index contributed by atoms with van der Waals surface area (Å²) in [6.45, 7) is 2.86. The van der Waals surface area contributed by atoms with E-state index in [1.54, 1.807) is 0 Å². The van der Waals surface area contributed by atoms with Gasteiger partial charge in [-0.2, -0.15) is 0 Å². The van der Waals surface area contributed by atoms with Crippen molar-refractivity contribution in [3.8, 4) is 0 Å². The summed E-state index contributed by atoms with van der Waals surface area (Å²) in [5.41, 5.74) is 5.02. The fraction of sp³-hybridized carbons (Fsp3) is 0.900. The van der Waals surface area contributed by atoms with Gasteiger partial charge in [-0.1, -0.05) is 0 Å². The lowest BCUT2D eigenvalue weighted by atomic mass is 10.0. The molecule has 2 atom stereocenters. The Morgan fingerprint density at radius 2 is 2.43 bits per heavy atom. The summed E-state index contributed by atoms with van der Waals surface area (Å²) in [5, 5.41) is 2.67. The van der Waals surface area contributed by atoms with E-state index in [2.05, 4.69) is 5.32 Å². The van der Waals surface area contributed by atoms with Gasteiger partial charge in [0.25, 0.3) is 0 Å². The first kappa shape index (κ1) is 11.3. The van der Waals surface area contributed by atoms with E-state index in [9.17, 15) is 4.79 Å². The Hall–Kier alpha value is -0.770. The Labute approximate surface area is 85.2 Å². The van der Waals surface area contributed by atoms with Gasteiger partial charge in [0, 0.05) is 12.6 Å². The van der Waals surface area contributed by atoms with Gasteiger partial charge in [0.1, 0.15) is 0 Å². The van der Waals surface area contributed by atoms with Gasteiger partial charge in [-0.25, -0.2) is 4.79 Å². The molecular weight excluding hydrogens is 180 g/mol. The maximum atomic E-state index is 10.5. The van der Waals surface area contributed by atoms with Crippen LogP contribution in [-0.4, -0.2) is 24.8 Å². The van der Waals surface area contributed by atoms with Gasteiger partial charge < -0.3 is 15.8 Å². The van der Waals surface area contributed by atoms with E-state index in [-0.39, 0.29) is 6.04 Å². The summed E-state index contributed by atoms with van der Waals surface area (Å²) in [5.74, 6) is 0. The minimum absolute atomic E-state index is 0.151. The number of hydrogen-bond donors (Lipinski definition) is 2. The minimum atomic E-state index is -0.443. The molecule has 0 aromatic heterocycles. The Bertz CT molecular complexity index is 179. The largest absolute Gasteiger partial charge is 0.378 e. The van der Waals surface area contributed by atoms with Crippen molar-refractivity contribution in [1.82, 2.24) is 5.32 Å². The van der Waals surface area contributed by atoms with E-state index >= 15 is 0 Å². The summed E-state index contributed by atoms with van der Waals surface area (Å²) < 4.78 is 5.59. The van der Waals surface area contributed by atoms with E-state index in [0.717, 1.165) is 25.9 Å². The monoisotopic (exact) mass is 200 g/mol. The predicted molar refractivity (Wildman–Crippen MR) is 55.0 cm³/mol. The molecule has 1 aliphatic heterocycles. The fourth-order valence-corrected chi connectivity index (χ4v) is 1.79. The van der Waals surface area contributed by atoms with Crippen molar-refractivity contribution in [2.75, 3.05) is 6.61 Å². The first-order chi connectivity index (χ1) is 6.68. The lowest BCUT2D eigenvalue weighted by Crippen LogP contribution is -2.37. The number of amides is 2. The molecule has 0 spiro atoms. The molecule has 0 saturated carbocycles. The minimum Gasteiger partial charge on any atom is -0.378 e. The van der Waals surface area contributed by atoms with Gasteiger partial charge in [-0.15, -0.1) is 0 Å². The number of urea groups is 1. The molecule has 0 bridgehead atoms. The van der Waals surface area contributed by atoms with Crippen LogP contribution in [-0.2, 0) is 4.74 Å². The van der Waals surface area contributed by atoms with Crippen LogP contribution in [0.3, 0.4) is 0 Å². The highest BCUT2D eigenvalue weighted by atomic mass is 16.5. The Morgan fingerprint density at radius 1 is 1.64 bits per heavy atom. The Kier molecular flexibility index (Phi) is 4.73. The fourth-order valence-electron chi connectivity index (χ4n) is 1.79. The molecule has 0 aromatic carbocycles. The standard InChI is InChI=1S/C10H20N2O2/c1-8(12-10(11)13)5-6-9-4-2-3-7-14-9/h8-9H,2-7H2,1H3,(H3,11,12,13)/t8?,9-/m0/s1. The SMILES string of the molecule is CC(CC[C@@H]1CCCCO1)NC(N)=O. The number of hydrogen-bond acceptors (Lipinski definition) is 2. The molecule has 0 aliphatic carbocycles. The molecule has 0 aromatic rings. The van der Waals surface area contributed by atoms with Crippen LogP contribution in [0, 0.1) is 0 Å². The van der Waals surface area contributed by atoms with Gasteiger partial charge in [0.05, 0.1) is 6.10 Å². The smallest absolute Gasteiger partial charge is 0.312 e. The van der Waals surface area contributed by atoms with E-state index in [0.29, 0.717) is 6.10 Å². The zero-order valence-corrected chi connectivity index (χ0v) is 8.79. The second-order valence-electron chi connectivity index (χ2n) is 3.98. The van der Waals surface area contributed by atoms with Gasteiger partial charge in [-0.3, -0.25) is 0 Å². The molecular formula is C10H20N2O2. The summed E-state index contributed by atoms with van der Waals surface area (Å²) in [4.78, 5) is 10.5. The highest BCUT2D eigenvalue weighted by Crippen LogP contribution is 2.17. The van der Waals surface area contributed by atoms with Crippen LogP contribution in [0.15, 0.2) is 0 Å². The predicted octanol–water partition coefficient (Wildman–Crippen LogP) is 1.39. The number of nitrogens with one attached hydrogen (secondary N) is 1. The molecule has 0 radical (unpaired) electrons. The number of rotatable bonds is 4. The first-order valence-corrected chi connectivity index (χ1v) is 5.36. The molecule has 82 valence electrons. The topological polar surface area (TPSA) is 64.3 Å². The molecule has 1 saturated heterocycles. The van der Waals surface area contributed by atoms with E-state index in [1.165, 1.54) is 12.8 Å². The average molecular weight is 200 g/mol. The quantitative estimate of drug-likeness (QED) is 0.720. The van der Waals surface area contributed by atoms with Gasteiger partial charge in [0.2, 0.25) is 0 Å². The summed E-state index contributed by atoms with van der Waals surface area (Å²) >= 11 is 0. The van der Waals surface area contributed by atoms with E-state index < -0.39 is 6.03 Å². The first-order valence-electron chi connectivity index (χ1n) is 5.36. The molecule has 1 fully saturated rings. The molecule has 3 N–H and O–H groups in total. The number of nitrogens with two attached hydrogens (primary N) is 1. The van der Waals surface area contributed by atoms with E-state index in [1.807, 2.05) is 6.92 Å². The van der Waals surface area contributed by atoms with Crippen LogP contribution in [0.4, 0.5) is 4.79 Å². The van der Waals surface area contributed by atoms with Crippen molar-refractivity contribution < 1.29 is 9.53 Å². The van der Waals surface area contributed by atoms with Crippen molar-refractivity contribution in [2.45, 2.75) is 51.2 Å². The van der Waals surface area contributed by atoms with Gasteiger partial charge in [-0.05, 0) is 39.0 Å². The van der Waals surface area contributed by atoms with Crippen LogP contribution in [0.25, 0.3) is 0 Å². The lowest BCUT2D eigenvalue weighted by Gasteiger charge is -2.23. The third kappa shape index (κ3) is 4.46. The highest BCUT2D eigenvalue weighted by molar-refractivity contribution is 5.71. The van der Waals surface area contributed by atoms with Gasteiger partial charge in [0.15, 0.2) is 0 Å². The van der Waals surface area contributed by atoms with E-state index in [4.69, 9.17) is 10.5 Å². The van der Waals surface area contributed by atoms with Crippen molar-refractivity contribution >= 4 is 6.03 Å². The number of carbonyl (C=O) groups is 1. The Balaban J connectivity index is 2.09. The average Bonchev–Trinajstić information content (AvgIpc) is 2.15. The van der Waals surface area contributed by atoms with Crippen molar-refractivity contribution in [2.24, 2.45) is 5.73 Å². The number of primary amides is 1. The van der Waals surface area contributed by atoms with Crippen molar-refractivity contribution in [1.29, 1.82) is 0 Å². The second-order valence-corrected chi connectivity index (χ2v) is 3.98. The summed E-state index contributed by atoms with van der Waals surface area (Å²) in [6, 6.07) is -0.292. The summed E-state index contributed by atoms with van der Waals surface area (Å²) in [7, 11) is 0. The van der Waals surface area contributed by atoms with Gasteiger partial charge >= 0.3 is 6.03 Å². The molecule has 1 aliphatic rings. The Morgan fingerprint density at radius 3 is 3.00 bits per heavy atom. The van der Waals surface area contributed by atoms with Crippen LogP contribution >= 0.6 is 0 Å². The molecule has 1 heterocycles. The second kappa shape index (κ2) is 5.86. The molecule has 1 rings (SSSR count). The zero-order valence-electron chi connectivity index (χ0n) is 8.79. The molecule has 2 amide bonds. The molecule has 14 heavy (non-hydrogen) atoms.